The van der Waals surface area contributed by atoms with Crippen LogP contribution in [0.1, 0.15) is 13.8 Å². The second-order valence-corrected chi connectivity index (χ2v) is 1.76. The minimum Gasteiger partial charge on any atom is -0.295 e. The fourth-order valence-electron chi connectivity index (χ4n) is 0.236. The molecular formula is C6H10O. The van der Waals surface area contributed by atoms with Crippen LogP contribution in [0.25, 0.3) is 0 Å². The number of rotatable bonds is 2. The Morgan fingerprint density at radius 3 is 2.14 bits per heavy atom. The van der Waals surface area contributed by atoms with Crippen molar-refractivity contribution in [2.24, 2.45) is 5.92 Å². The van der Waals surface area contributed by atoms with Gasteiger partial charge in [-0.2, -0.15) is 0 Å². The number of ketones is 1. The van der Waals surface area contributed by atoms with E-state index in [2.05, 4.69) is 6.58 Å². The minimum absolute atomic E-state index is 0.109. The number of allylic oxidation sites excluding steroid dienone is 1. The summed E-state index contributed by atoms with van der Waals surface area (Å²) < 4.78 is 0. The van der Waals surface area contributed by atoms with Crippen molar-refractivity contribution < 1.29 is 4.79 Å². The van der Waals surface area contributed by atoms with E-state index in [1.54, 1.807) is 0 Å². The molecule has 0 fully saturated rings. The first-order valence-electron chi connectivity index (χ1n) is 2.34. The van der Waals surface area contributed by atoms with Crippen molar-refractivity contribution in [2.75, 3.05) is 0 Å². The lowest BCUT2D eigenvalue weighted by molar-refractivity contribution is -0.117. The maximum Gasteiger partial charge on any atom is 0.157 e. The van der Waals surface area contributed by atoms with Crippen LogP contribution in [0.2, 0.25) is 0 Å². The predicted molar refractivity (Wildman–Crippen MR) is 30.0 cm³/mol. The summed E-state index contributed by atoms with van der Waals surface area (Å²) in [5, 5.41) is 0. The summed E-state index contributed by atoms with van der Waals surface area (Å²) in [4.78, 5) is 10.4. The number of hydrogen-bond donors (Lipinski definition) is 0. The van der Waals surface area contributed by atoms with Crippen LogP contribution in [-0.4, -0.2) is 5.78 Å². The number of carbonyl (C=O) groups excluding carboxylic acids is 1. The van der Waals surface area contributed by atoms with E-state index in [1.807, 2.05) is 13.8 Å². The van der Waals surface area contributed by atoms with Crippen molar-refractivity contribution in [2.45, 2.75) is 13.8 Å². The molecule has 0 spiro atoms. The predicted octanol–water partition coefficient (Wildman–Crippen LogP) is 1.40. The van der Waals surface area contributed by atoms with Gasteiger partial charge in [0, 0.05) is 5.92 Å². The quantitative estimate of drug-likeness (QED) is 0.477. The highest BCUT2D eigenvalue weighted by Gasteiger charge is 1.98. The van der Waals surface area contributed by atoms with E-state index < -0.39 is 0 Å². The van der Waals surface area contributed by atoms with E-state index >= 15 is 0 Å². The Hall–Kier alpha value is -0.590. The maximum absolute atomic E-state index is 10.4. The van der Waals surface area contributed by atoms with Crippen LogP contribution in [0, 0.1) is 5.92 Å². The SMILES string of the molecule is C=CC(=O)C(C)C. The van der Waals surface area contributed by atoms with Crippen LogP contribution < -0.4 is 0 Å². The largest absolute Gasteiger partial charge is 0.295 e. The van der Waals surface area contributed by atoms with Crippen LogP contribution >= 0.6 is 0 Å². The number of hydrogen-bond acceptors (Lipinski definition) is 1. The highest BCUT2D eigenvalue weighted by atomic mass is 16.1. The van der Waals surface area contributed by atoms with Crippen molar-refractivity contribution >= 4 is 5.78 Å². The fourth-order valence-corrected chi connectivity index (χ4v) is 0.236. The van der Waals surface area contributed by atoms with Crippen LogP contribution in [-0.2, 0) is 4.79 Å². The van der Waals surface area contributed by atoms with Gasteiger partial charge in [-0.3, -0.25) is 4.79 Å². The Kier molecular flexibility index (Phi) is 2.34. The number of carbonyl (C=O) groups is 1. The van der Waals surface area contributed by atoms with Crippen molar-refractivity contribution in [1.82, 2.24) is 0 Å². The lowest BCUT2D eigenvalue weighted by atomic mass is 10.1. The lowest BCUT2D eigenvalue weighted by Crippen LogP contribution is -2.00. The Morgan fingerprint density at radius 1 is 1.71 bits per heavy atom. The van der Waals surface area contributed by atoms with Gasteiger partial charge in [0.15, 0.2) is 5.78 Å². The zero-order valence-electron chi connectivity index (χ0n) is 4.77. The first kappa shape index (κ1) is 6.41. The average Bonchev–Trinajstić information content (AvgIpc) is 1.65. The van der Waals surface area contributed by atoms with E-state index in [0.717, 1.165) is 0 Å². The molecule has 0 aliphatic heterocycles. The minimum atomic E-state index is 0.109. The summed E-state index contributed by atoms with van der Waals surface area (Å²) in [5.74, 6) is 0.220. The van der Waals surface area contributed by atoms with Gasteiger partial charge in [0.25, 0.3) is 0 Å². The molecule has 0 rings (SSSR count). The van der Waals surface area contributed by atoms with Crippen molar-refractivity contribution in [3.63, 3.8) is 0 Å². The summed E-state index contributed by atoms with van der Waals surface area (Å²) in [6.07, 6.45) is 1.35. The van der Waals surface area contributed by atoms with Gasteiger partial charge in [0.2, 0.25) is 0 Å². The highest BCUT2D eigenvalue weighted by Crippen LogP contribution is 1.92. The van der Waals surface area contributed by atoms with Gasteiger partial charge in [-0.1, -0.05) is 20.4 Å². The van der Waals surface area contributed by atoms with E-state index in [1.165, 1.54) is 6.08 Å². The van der Waals surface area contributed by atoms with Gasteiger partial charge in [-0.25, -0.2) is 0 Å². The van der Waals surface area contributed by atoms with Crippen LogP contribution in [0.4, 0.5) is 0 Å². The average molecular weight is 98.1 g/mol. The van der Waals surface area contributed by atoms with Crippen molar-refractivity contribution in [3.05, 3.63) is 12.7 Å². The molecule has 0 atom stereocenters. The molecule has 1 heteroatoms. The second-order valence-electron chi connectivity index (χ2n) is 1.76. The molecule has 0 aliphatic carbocycles. The van der Waals surface area contributed by atoms with Gasteiger partial charge < -0.3 is 0 Å². The van der Waals surface area contributed by atoms with Gasteiger partial charge in [0.05, 0.1) is 0 Å². The Morgan fingerprint density at radius 2 is 2.14 bits per heavy atom. The standard InChI is InChI=1S/C6H10O/c1-4-6(7)5(2)3/h4-5H,1H2,2-3H3. The monoisotopic (exact) mass is 98.1 g/mol. The first-order chi connectivity index (χ1) is 3.18. The van der Waals surface area contributed by atoms with Crippen LogP contribution in [0.5, 0.6) is 0 Å². The molecule has 0 saturated heterocycles. The molecule has 0 aliphatic rings. The molecule has 0 aromatic heterocycles. The van der Waals surface area contributed by atoms with Crippen molar-refractivity contribution in [1.29, 1.82) is 0 Å². The highest BCUT2D eigenvalue weighted by molar-refractivity contribution is 5.90. The van der Waals surface area contributed by atoms with E-state index in [4.69, 9.17) is 0 Å². The van der Waals surface area contributed by atoms with Crippen molar-refractivity contribution in [3.8, 4) is 0 Å². The fraction of sp³-hybridized carbons (Fsp3) is 0.500. The molecule has 0 heterocycles. The van der Waals surface area contributed by atoms with Gasteiger partial charge in [-0.05, 0) is 6.08 Å². The lowest BCUT2D eigenvalue weighted by Gasteiger charge is -1.92. The van der Waals surface area contributed by atoms with E-state index in [0.29, 0.717) is 0 Å². The summed E-state index contributed by atoms with van der Waals surface area (Å²) in [6.45, 7) is 7.03. The molecule has 0 bridgehead atoms. The molecule has 7 heavy (non-hydrogen) atoms. The van der Waals surface area contributed by atoms with Crippen LogP contribution in [0.15, 0.2) is 12.7 Å². The molecule has 0 unspecified atom stereocenters. The molecule has 0 aromatic carbocycles. The van der Waals surface area contributed by atoms with Gasteiger partial charge in [0.1, 0.15) is 0 Å². The zero-order valence-corrected chi connectivity index (χ0v) is 4.77. The van der Waals surface area contributed by atoms with E-state index in [9.17, 15) is 4.79 Å². The summed E-state index contributed by atoms with van der Waals surface area (Å²) in [5.41, 5.74) is 0. The molecule has 40 valence electrons. The topological polar surface area (TPSA) is 17.1 Å². The Bertz CT molecular complexity index is 82.2. The summed E-state index contributed by atoms with van der Waals surface area (Å²) in [7, 11) is 0. The Labute approximate surface area is 44.0 Å². The third-order valence-corrected chi connectivity index (χ3v) is 0.770. The third-order valence-electron chi connectivity index (χ3n) is 0.770. The van der Waals surface area contributed by atoms with Gasteiger partial charge >= 0.3 is 0 Å². The second kappa shape index (κ2) is 2.56. The normalized spacial score (nSPS) is 9.00. The molecule has 0 saturated carbocycles. The van der Waals surface area contributed by atoms with Crippen LogP contribution in [0.3, 0.4) is 0 Å². The summed E-state index contributed by atoms with van der Waals surface area (Å²) in [6, 6.07) is 0. The molecule has 0 amide bonds. The molecule has 1 nitrogen and oxygen atoms in total. The molecular weight excluding hydrogens is 88.1 g/mol. The van der Waals surface area contributed by atoms with Gasteiger partial charge in [-0.15, -0.1) is 0 Å². The smallest absolute Gasteiger partial charge is 0.157 e. The Balaban J connectivity index is 3.56. The van der Waals surface area contributed by atoms with E-state index in [-0.39, 0.29) is 11.7 Å². The molecule has 0 aromatic rings. The third kappa shape index (κ3) is 2.15. The zero-order chi connectivity index (χ0) is 5.86. The molecule has 0 N–H and O–H groups in total. The summed E-state index contributed by atoms with van der Waals surface area (Å²) >= 11 is 0. The molecule has 0 radical (unpaired) electrons. The maximum atomic E-state index is 10.4. The first-order valence-corrected chi connectivity index (χ1v) is 2.34.